The van der Waals surface area contributed by atoms with E-state index in [1.165, 1.54) is 11.1 Å². The number of hydrogen-bond acceptors (Lipinski definition) is 1. The fourth-order valence-electron chi connectivity index (χ4n) is 1.83. The molecule has 0 aliphatic rings. The van der Waals surface area contributed by atoms with Gasteiger partial charge in [-0.25, -0.2) is 0 Å². The van der Waals surface area contributed by atoms with Crippen LogP contribution in [0.25, 0.3) is 0 Å². The lowest BCUT2D eigenvalue weighted by molar-refractivity contribution is 0.482. The minimum absolute atomic E-state index is 0.716. The molecule has 0 bridgehead atoms. The first-order valence-electron chi connectivity index (χ1n) is 5.69. The summed E-state index contributed by atoms with van der Waals surface area (Å²) < 4.78 is 5.82. The lowest BCUT2D eigenvalue weighted by Crippen LogP contribution is -1.88. The lowest BCUT2D eigenvalue weighted by atomic mass is 10.1. The summed E-state index contributed by atoms with van der Waals surface area (Å²) >= 11 is 9.54. The Balaban J connectivity index is 2.25. The summed E-state index contributed by atoms with van der Waals surface area (Å²) in [4.78, 5) is 0. The van der Waals surface area contributed by atoms with Crippen LogP contribution in [0.4, 0.5) is 0 Å². The van der Waals surface area contributed by atoms with Crippen molar-refractivity contribution in [2.24, 2.45) is 0 Å². The summed E-state index contributed by atoms with van der Waals surface area (Å²) in [5, 5.41) is 1.46. The molecule has 0 saturated heterocycles. The molecule has 0 saturated carbocycles. The summed E-state index contributed by atoms with van der Waals surface area (Å²) in [7, 11) is 0. The predicted molar refractivity (Wildman–Crippen MR) is 80.1 cm³/mol. The maximum absolute atomic E-state index is 6.15. The first-order chi connectivity index (χ1) is 8.58. The maximum Gasteiger partial charge on any atom is 0.128 e. The quantitative estimate of drug-likeness (QED) is 0.663. The highest BCUT2D eigenvalue weighted by molar-refractivity contribution is 9.08. The summed E-state index contributed by atoms with van der Waals surface area (Å²) in [5.41, 5.74) is 3.44. The van der Waals surface area contributed by atoms with Gasteiger partial charge in [-0.1, -0.05) is 39.7 Å². The minimum atomic E-state index is 0.716. The average molecular weight is 326 g/mol. The monoisotopic (exact) mass is 324 g/mol. The Kier molecular flexibility index (Phi) is 4.31. The van der Waals surface area contributed by atoms with Crippen molar-refractivity contribution in [3.8, 4) is 11.5 Å². The van der Waals surface area contributed by atoms with E-state index in [0.29, 0.717) is 5.02 Å². The van der Waals surface area contributed by atoms with Crippen molar-refractivity contribution in [2.45, 2.75) is 19.2 Å². The van der Waals surface area contributed by atoms with Gasteiger partial charge in [-0.05, 0) is 54.8 Å². The molecule has 0 radical (unpaired) electrons. The molecule has 0 heterocycles. The highest BCUT2D eigenvalue weighted by Crippen LogP contribution is 2.28. The summed E-state index contributed by atoms with van der Waals surface area (Å²) in [5.74, 6) is 1.60. The van der Waals surface area contributed by atoms with Crippen LogP contribution in [0.2, 0.25) is 5.02 Å². The number of halogens is 2. The van der Waals surface area contributed by atoms with Crippen LogP contribution in [0.5, 0.6) is 11.5 Å². The molecule has 0 aliphatic heterocycles. The molecule has 2 rings (SSSR count). The predicted octanol–water partition coefficient (Wildman–Crippen LogP) is 5.64. The van der Waals surface area contributed by atoms with Crippen LogP contribution in [0.15, 0.2) is 36.4 Å². The van der Waals surface area contributed by atoms with E-state index in [-0.39, 0.29) is 0 Å². The highest BCUT2D eigenvalue weighted by atomic mass is 79.9. The zero-order valence-electron chi connectivity index (χ0n) is 10.3. The molecule has 0 atom stereocenters. The van der Waals surface area contributed by atoms with Crippen molar-refractivity contribution in [3.05, 3.63) is 58.1 Å². The first-order valence-corrected chi connectivity index (χ1v) is 7.19. The van der Waals surface area contributed by atoms with Gasteiger partial charge in [-0.2, -0.15) is 0 Å². The SMILES string of the molecule is Cc1cc(C)cc(Oc2ccc(CBr)c(Cl)c2)c1. The van der Waals surface area contributed by atoms with Crippen molar-refractivity contribution in [1.29, 1.82) is 0 Å². The Morgan fingerprint density at radius 2 is 1.67 bits per heavy atom. The topological polar surface area (TPSA) is 9.23 Å². The molecule has 0 N–H and O–H groups in total. The Morgan fingerprint density at radius 3 is 2.22 bits per heavy atom. The third kappa shape index (κ3) is 3.27. The molecule has 0 aliphatic carbocycles. The second-order valence-corrected chi connectivity index (χ2v) is 5.28. The molecule has 94 valence electrons. The first kappa shape index (κ1) is 13.4. The molecule has 2 aromatic rings. The van der Waals surface area contributed by atoms with Gasteiger partial charge in [0, 0.05) is 10.4 Å². The van der Waals surface area contributed by atoms with Gasteiger partial charge in [0.1, 0.15) is 11.5 Å². The van der Waals surface area contributed by atoms with Gasteiger partial charge in [-0.15, -0.1) is 0 Å². The van der Waals surface area contributed by atoms with E-state index < -0.39 is 0 Å². The van der Waals surface area contributed by atoms with Gasteiger partial charge in [0.2, 0.25) is 0 Å². The van der Waals surface area contributed by atoms with Crippen LogP contribution in [-0.2, 0) is 5.33 Å². The number of hydrogen-bond donors (Lipinski definition) is 0. The molecule has 1 nitrogen and oxygen atoms in total. The van der Waals surface area contributed by atoms with Gasteiger partial charge in [0.15, 0.2) is 0 Å². The van der Waals surface area contributed by atoms with Crippen molar-refractivity contribution < 1.29 is 4.74 Å². The van der Waals surface area contributed by atoms with Crippen LogP contribution in [0, 0.1) is 13.8 Å². The van der Waals surface area contributed by atoms with Crippen molar-refractivity contribution in [1.82, 2.24) is 0 Å². The molecular formula is C15H14BrClO. The van der Waals surface area contributed by atoms with Crippen LogP contribution < -0.4 is 4.74 Å². The number of aryl methyl sites for hydroxylation is 2. The Labute approximate surface area is 121 Å². The van der Waals surface area contributed by atoms with Gasteiger partial charge in [0.25, 0.3) is 0 Å². The minimum Gasteiger partial charge on any atom is -0.457 e. The molecule has 2 aromatic carbocycles. The van der Waals surface area contributed by atoms with Gasteiger partial charge in [0.05, 0.1) is 0 Å². The van der Waals surface area contributed by atoms with E-state index in [1.54, 1.807) is 0 Å². The third-order valence-electron chi connectivity index (χ3n) is 2.60. The standard InChI is InChI=1S/C15H14BrClO/c1-10-5-11(2)7-14(6-10)18-13-4-3-12(9-16)15(17)8-13/h3-8H,9H2,1-2H3. The molecule has 0 unspecified atom stereocenters. The highest BCUT2D eigenvalue weighted by Gasteiger charge is 2.03. The molecule has 0 fully saturated rings. The van der Waals surface area contributed by atoms with E-state index in [4.69, 9.17) is 16.3 Å². The van der Waals surface area contributed by atoms with Crippen molar-refractivity contribution >= 4 is 27.5 Å². The van der Waals surface area contributed by atoms with E-state index in [2.05, 4.69) is 35.8 Å². The Morgan fingerprint density at radius 1 is 1.00 bits per heavy atom. The van der Waals surface area contributed by atoms with Crippen LogP contribution in [0.1, 0.15) is 16.7 Å². The summed E-state index contributed by atoms with van der Waals surface area (Å²) in [6.07, 6.45) is 0. The third-order valence-corrected chi connectivity index (χ3v) is 3.56. The molecule has 0 amide bonds. The van der Waals surface area contributed by atoms with Crippen LogP contribution in [-0.4, -0.2) is 0 Å². The van der Waals surface area contributed by atoms with E-state index in [0.717, 1.165) is 22.4 Å². The number of ether oxygens (including phenoxy) is 1. The van der Waals surface area contributed by atoms with Crippen LogP contribution >= 0.6 is 27.5 Å². The fourth-order valence-corrected chi connectivity index (χ4v) is 2.72. The Hall–Kier alpha value is -0.990. The van der Waals surface area contributed by atoms with Gasteiger partial charge < -0.3 is 4.74 Å². The summed E-state index contributed by atoms with van der Waals surface area (Å²) in [6, 6.07) is 11.9. The molecule has 0 aromatic heterocycles. The number of rotatable bonds is 3. The zero-order valence-corrected chi connectivity index (χ0v) is 12.7. The van der Waals surface area contributed by atoms with Crippen molar-refractivity contribution in [2.75, 3.05) is 0 Å². The molecule has 3 heteroatoms. The molecule has 0 spiro atoms. The smallest absolute Gasteiger partial charge is 0.128 e. The van der Waals surface area contributed by atoms with Gasteiger partial charge in [-0.3, -0.25) is 0 Å². The van der Waals surface area contributed by atoms with Crippen molar-refractivity contribution in [3.63, 3.8) is 0 Å². The van der Waals surface area contributed by atoms with Crippen LogP contribution in [0.3, 0.4) is 0 Å². The van der Waals surface area contributed by atoms with E-state index in [9.17, 15) is 0 Å². The fraction of sp³-hybridized carbons (Fsp3) is 0.200. The lowest BCUT2D eigenvalue weighted by Gasteiger charge is -2.09. The second kappa shape index (κ2) is 5.77. The molecular weight excluding hydrogens is 312 g/mol. The normalized spacial score (nSPS) is 10.4. The van der Waals surface area contributed by atoms with Gasteiger partial charge >= 0.3 is 0 Å². The summed E-state index contributed by atoms with van der Waals surface area (Å²) in [6.45, 7) is 4.11. The largest absolute Gasteiger partial charge is 0.457 e. The Bertz CT molecular complexity index is 546. The number of alkyl halides is 1. The average Bonchev–Trinajstić information content (AvgIpc) is 2.27. The second-order valence-electron chi connectivity index (χ2n) is 4.31. The maximum atomic E-state index is 6.15. The number of benzene rings is 2. The zero-order chi connectivity index (χ0) is 13.1. The van der Waals surface area contributed by atoms with E-state index in [1.807, 2.05) is 30.3 Å². The van der Waals surface area contributed by atoms with E-state index >= 15 is 0 Å². The molecule has 18 heavy (non-hydrogen) atoms.